The number of nitrogens with one attached hydrogen (secondary N) is 1. The van der Waals surface area contributed by atoms with Crippen LogP contribution in [0, 0.1) is 0 Å². The maximum atomic E-state index is 12.0. The van der Waals surface area contributed by atoms with Gasteiger partial charge in [-0.2, -0.15) is 0 Å². The molecule has 0 saturated heterocycles. The number of hydrogen-bond acceptors (Lipinski definition) is 6. The van der Waals surface area contributed by atoms with E-state index in [1.54, 1.807) is 35.6 Å². The normalized spacial score (nSPS) is 12.5. The van der Waals surface area contributed by atoms with Crippen molar-refractivity contribution in [2.75, 3.05) is 13.2 Å². The fourth-order valence-electron chi connectivity index (χ4n) is 3.08. The number of thiophene rings is 1. The molecule has 142 valence electrons. The molecule has 2 heterocycles. The highest BCUT2D eigenvalue weighted by atomic mass is 32.1. The summed E-state index contributed by atoms with van der Waals surface area (Å²) in [5.74, 6) is -0.831. The Morgan fingerprint density at radius 1 is 1.07 bits per heavy atom. The van der Waals surface area contributed by atoms with E-state index in [2.05, 4.69) is 5.32 Å². The van der Waals surface area contributed by atoms with Gasteiger partial charge in [-0.1, -0.05) is 12.1 Å². The van der Waals surface area contributed by atoms with Crippen LogP contribution in [0.1, 0.15) is 26.3 Å². The summed E-state index contributed by atoms with van der Waals surface area (Å²) in [6.07, 6.45) is 0. The van der Waals surface area contributed by atoms with E-state index in [1.165, 1.54) is 0 Å². The molecule has 3 aromatic rings. The number of phenolic OH excluding ortho intramolecular Hbond substituents is 1. The van der Waals surface area contributed by atoms with E-state index in [-0.39, 0.29) is 30.4 Å². The van der Waals surface area contributed by atoms with Crippen LogP contribution in [-0.4, -0.2) is 35.2 Å². The molecular weight excluding hydrogens is 378 g/mol. The molecule has 0 atom stereocenters. The smallest absolute Gasteiger partial charge is 0.338 e. The molecule has 1 aliphatic rings. The summed E-state index contributed by atoms with van der Waals surface area (Å²) in [6.45, 7) is 0.269. The van der Waals surface area contributed by atoms with Crippen LogP contribution < -0.4 is 5.32 Å². The molecule has 1 aromatic heterocycles. The van der Waals surface area contributed by atoms with Crippen LogP contribution in [0.3, 0.4) is 0 Å². The predicted molar refractivity (Wildman–Crippen MR) is 105 cm³/mol. The van der Waals surface area contributed by atoms with Gasteiger partial charge >= 0.3 is 5.97 Å². The van der Waals surface area contributed by atoms with Crippen molar-refractivity contribution in [3.05, 3.63) is 65.2 Å². The number of ether oxygens (including phenoxy) is 1. The van der Waals surface area contributed by atoms with Crippen molar-refractivity contribution in [3.63, 3.8) is 0 Å². The first-order valence-electron chi connectivity index (χ1n) is 8.69. The first kappa shape index (κ1) is 18.2. The van der Waals surface area contributed by atoms with Crippen LogP contribution >= 0.6 is 11.3 Å². The lowest BCUT2D eigenvalue weighted by atomic mass is 10.1. The molecule has 2 aromatic carbocycles. The van der Waals surface area contributed by atoms with E-state index < -0.39 is 5.91 Å². The number of aliphatic hydroxyl groups excluding tert-OH is 1. The Morgan fingerprint density at radius 3 is 2.50 bits per heavy atom. The fourth-order valence-corrected chi connectivity index (χ4v) is 4.08. The molecule has 0 fully saturated rings. The van der Waals surface area contributed by atoms with Crippen molar-refractivity contribution in [2.45, 2.75) is 6.61 Å². The van der Waals surface area contributed by atoms with Crippen molar-refractivity contribution in [1.29, 1.82) is 0 Å². The molecule has 0 spiro atoms. The number of aliphatic hydroxyl groups is 1. The number of aromatic hydroxyl groups is 1. The monoisotopic (exact) mass is 395 g/mol. The minimum atomic E-state index is -0.431. The van der Waals surface area contributed by atoms with Crippen LogP contribution in [0.4, 0.5) is 0 Å². The molecule has 4 rings (SSSR count). The number of fused-ring (bicyclic) bond motifs is 1. The molecule has 0 bridgehead atoms. The maximum absolute atomic E-state index is 12.0. The van der Waals surface area contributed by atoms with Gasteiger partial charge in [-0.3, -0.25) is 4.79 Å². The molecule has 0 radical (unpaired) electrons. The summed E-state index contributed by atoms with van der Waals surface area (Å²) in [5, 5.41) is 21.5. The second kappa shape index (κ2) is 7.46. The third-order valence-electron chi connectivity index (χ3n) is 4.50. The Labute approximate surface area is 165 Å². The van der Waals surface area contributed by atoms with Gasteiger partial charge in [-0.05, 0) is 47.5 Å². The van der Waals surface area contributed by atoms with Gasteiger partial charge in [-0.15, -0.1) is 11.3 Å². The van der Waals surface area contributed by atoms with Crippen LogP contribution in [0.5, 0.6) is 5.75 Å². The first-order valence-corrected chi connectivity index (χ1v) is 9.51. The molecule has 0 unspecified atom stereocenters. The number of esters is 1. The van der Waals surface area contributed by atoms with E-state index in [4.69, 9.17) is 9.84 Å². The molecule has 0 saturated carbocycles. The summed E-state index contributed by atoms with van der Waals surface area (Å²) in [7, 11) is 0. The third kappa shape index (κ3) is 3.37. The highest BCUT2D eigenvalue weighted by Gasteiger charge is 2.21. The number of phenols is 1. The van der Waals surface area contributed by atoms with Gasteiger partial charge < -0.3 is 20.3 Å². The SMILES string of the molecule is O=C(NCCO)c1ccc(-c2ccc(-c3ccc4c(c3)COC4=O)s2)cc1O. The fraction of sp³-hybridized carbons (Fsp3) is 0.143. The van der Waals surface area contributed by atoms with E-state index in [0.717, 1.165) is 26.4 Å². The van der Waals surface area contributed by atoms with Crippen molar-refractivity contribution in [3.8, 4) is 26.6 Å². The molecule has 1 aliphatic heterocycles. The van der Waals surface area contributed by atoms with Gasteiger partial charge in [0.05, 0.1) is 17.7 Å². The van der Waals surface area contributed by atoms with E-state index in [0.29, 0.717) is 12.2 Å². The highest BCUT2D eigenvalue weighted by Crippen LogP contribution is 2.37. The lowest BCUT2D eigenvalue weighted by Gasteiger charge is -2.07. The lowest BCUT2D eigenvalue weighted by Crippen LogP contribution is -2.26. The average molecular weight is 395 g/mol. The number of carbonyl (C=O) groups is 2. The summed E-state index contributed by atoms with van der Waals surface area (Å²) in [4.78, 5) is 25.5. The van der Waals surface area contributed by atoms with E-state index in [1.807, 2.05) is 24.3 Å². The van der Waals surface area contributed by atoms with Crippen molar-refractivity contribution >= 4 is 23.2 Å². The minimum Gasteiger partial charge on any atom is -0.507 e. The van der Waals surface area contributed by atoms with Gasteiger partial charge in [-0.25, -0.2) is 4.79 Å². The number of carbonyl (C=O) groups excluding carboxylic acids is 2. The van der Waals surface area contributed by atoms with Gasteiger partial charge in [0.2, 0.25) is 0 Å². The standard InChI is InChI=1S/C21H17NO5S/c23-8-7-22-20(25)16-4-2-13(10-17(16)24)19-6-5-18(28-19)12-1-3-15-14(9-12)11-27-21(15)26/h1-6,9-10,23-24H,7-8,11H2,(H,22,25). The first-order chi connectivity index (χ1) is 13.6. The van der Waals surface area contributed by atoms with Crippen molar-refractivity contribution in [2.24, 2.45) is 0 Å². The molecule has 7 heteroatoms. The topological polar surface area (TPSA) is 95.9 Å². The van der Waals surface area contributed by atoms with Crippen molar-refractivity contribution in [1.82, 2.24) is 5.32 Å². The zero-order chi connectivity index (χ0) is 19.7. The number of benzene rings is 2. The van der Waals surface area contributed by atoms with E-state index in [9.17, 15) is 14.7 Å². The Balaban J connectivity index is 1.59. The zero-order valence-corrected chi connectivity index (χ0v) is 15.6. The van der Waals surface area contributed by atoms with E-state index >= 15 is 0 Å². The highest BCUT2D eigenvalue weighted by molar-refractivity contribution is 7.18. The maximum Gasteiger partial charge on any atom is 0.338 e. The van der Waals surface area contributed by atoms with Gasteiger partial charge in [0.1, 0.15) is 12.4 Å². The average Bonchev–Trinajstić information content (AvgIpc) is 3.33. The van der Waals surface area contributed by atoms with Gasteiger partial charge in [0.25, 0.3) is 5.91 Å². The van der Waals surface area contributed by atoms with Crippen molar-refractivity contribution < 1.29 is 24.5 Å². The molecule has 6 nitrogen and oxygen atoms in total. The number of cyclic esters (lactones) is 1. The van der Waals surface area contributed by atoms with Gasteiger partial charge in [0, 0.05) is 21.9 Å². The largest absolute Gasteiger partial charge is 0.507 e. The number of hydrogen-bond donors (Lipinski definition) is 3. The minimum absolute atomic E-state index is 0.115. The zero-order valence-electron chi connectivity index (χ0n) is 14.8. The Hall–Kier alpha value is -3.16. The predicted octanol–water partition coefficient (Wildman–Crippen LogP) is 3.18. The Bertz CT molecular complexity index is 1070. The molecule has 1 amide bonds. The summed E-state index contributed by atoms with van der Waals surface area (Å²) < 4.78 is 5.05. The summed E-state index contributed by atoms with van der Waals surface area (Å²) in [5.41, 5.74) is 3.45. The van der Waals surface area contributed by atoms with Crippen LogP contribution in [-0.2, 0) is 11.3 Å². The summed E-state index contributed by atoms with van der Waals surface area (Å²) in [6, 6.07) is 14.5. The van der Waals surface area contributed by atoms with Crippen LogP contribution in [0.2, 0.25) is 0 Å². The second-order valence-corrected chi connectivity index (χ2v) is 7.41. The Morgan fingerprint density at radius 2 is 1.79 bits per heavy atom. The number of amides is 1. The molecular formula is C21H17NO5S. The number of rotatable bonds is 5. The molecule has 28 heavy (non-hydrogen) atoms. The third-order valence-corrected chi connectivity index (χ3v) is 5.68. The molecule has 0 aliphatic carbocycles. The quantitative estimate of drug-likeness (QED) is 0.577. The van der Waals surface area contributed by atoms with Crippen LogP contribution in [0.15, 0.2) is 48.5 Å². The summed E-state index contributed by atoms with van der Waals surface area (Å²) >= 11 is 1.55. The molecule has 3 N–H and O–H groups in total. The lowest BCUT2D eigenvalue weighted by molar-refractivity contribution is 0.0535. The van der Waals surface area contributed by atoms with Gasteiger partial charge in [0.15, 0.2) is 0 Å². The Kier molecular flexibility index (Phi) is 4.85. The van der Waals surface area contributed by atoms with Crippen LogP contribution in [0.25, 0.3) is 20.9 Å². The second-order valence-electron chi connectivity index (χ2n) is 6.32.